The van der Waals surface area contributed by atoms with Crippen molar-refractivity contribution in [3.8, 4) is 11.5 Å². The standard InChI is InChI=1S/C16H10O4/c17-15-13(9-5-1-3-7-11(9)19-15)14-10-6-2-4-8-12(10)20-16(14)18/h1-8,13-14H. The maximum Gasteiger partial charge on any atom is 0.320 e. The Balaban J connectivity index is 1.86. The molecular formula is C16H10O4. The van der Waals surface area contributed by atoms with Crippen LogP contribution in [0.25, 0.3) is 0 Å². The van der Waals surface area contributed by atoms with Crippen molar-refractivity contribution in [2.45, 2.75) is 11.8 Å². The first-order valence-corrected chi connectivity index (χ1v) is 6.37. The summed E-state index contributed by atoms with van der Waals surface area (Å²) in [5.41, 5.74) is 1.49. The Morgan fingerprint density at radius 3 is 1.50 bits per heavy atom. The van der Waals surface area contributed by atoms with Gasteiger partial charge in [-0.3, -0.25) is 9.59 Å². The predicted molar refractivity (Wildman–Crippen MR) is 69.6 cm³/mol. The molecule has 0 fully saturated rings. The normalized spacial score (nSPS) is 23.0. The van der Waals surface area contributed by atoms with Gasteiger partial charge in [-0.1, -0.05) is 36.4 Å². The number of esters is 2. The van der Waals surface area contributed by atoms with E-state index in [1.54, 1.807) is 24.3 Å². The molecule has 0 aliphatic carbocycles. The van der Waals surface area contributed by atoms with Gasteiger partial charge in [0.1, 0.15) is 23.3 Å². The Morgan fingerprint density at radius 1 is 0.650 bits per heavy atom. The quantitative estimate of drug-likeness (QED) is 0.587. The molecule has 2 heterocycles. The molecule has 4 nitrogen and oxygen atoms in total. The molecule has 4 rings (SSSR count). The van der Waals surface area contributed by atoms with Crippen molar-refractivity contribution < 1.29 is 19.1 Å². The van der Waals surface area contributed by atoms with E-state index < -0.39 is 23.8 Å². The zero-order valence-electron chi connectivity index (χ0n) is 10.4. The maximum atomic E-state index is 12.1. The number of hydrogen-bond acceptors (Lipinski definition) is 4. The van der Waals surface area contributed by atoms with E-state index >= 15 is 0 Å². The Labute approximate surface area is 114 Å². The summed E-state index contributed by atoms with van der Waals surface area (Å²) in [5.74, 6) is -0.987. The maximum absolute atomic E-state index is 12.1. The third-order valence-electron chi connectivity index (χ3n) is 3.77. The van der Waals surface area contributed by atoms with E-state index in [-0.39, 0.29) is 0 Å². The summed E-state index contributed by atoms with van der Waals surface area (Å²) in [6.07, 6.45) is 0. The van der Waals surface area contributed by atoms with Crippen LogP contribution in [0.4, 0.5) is 0 Å². The molecule has 0 bridgehead atoms. The lowest BCUT2D eigenvalue weighted by molar-refractivity contribution is -0.141. The Kier molecular flexibility index (Phi) is 2.21. The van der Waals surface area contributed by atoms with Crippen molar-refractivity contribution >= 4 is 11.9 Å². The molecule has 2 aromatic rings. The SMILES string of the molecule is O=C1Oc2ccccc2C1C1C(=O)Oc2ccccc21. The number of carbonyl (C=O) groups excluding carboxylic acids is 2. The molecule has 2 unspecified atom stereocenters. The van der Waals surface area contributed by atoms with Crippen molar-refractivity contribution in [2.75, 3.05) is 0 Å². The topological polar surface area (TPSA) is 52.6 Å². The van der Waals surface area contributed by atoms with Crippen LogP contribution in [0.15, 0.2) is 48.5 Å². The van der Waals surface area contributed by atoms with Crippen LogP contribution in [0.1, 0.15) is 23.0 Å². The van der Waals surface area contributed by atoms with E-state index in [0.29, 0.717) is 11.5 Å². The highest BCUT2D eigenvalue weighted by molar-refractivity contribution is 5.97. The molecule has 2 aromatic carbocycles. The van der Waals surface area contributed by atoms with Crippen molar-refractivity contribution in [1.82, 2.24) is 0 Å². The van der Waals surface area contributed by atoms with E-state index in [2.05, 4.69) is 0 Å². The van der Waals surface area contributed by atoms with Crippen LogP contribution in [0.3, 0.4) is 0 Å². The van der Waals surface area contributed by atoms with Crippen molar-refractivity contribution in [1.29, 1.82) is 0 Å². The molecule has 0 saturated carbocycles. The molecule has 2 atom stereocenters. The highest BCUT2D eigenvalue weighted by Crippen LogP contribution is 2.48. The predicted octanol–water partition coefficient (Wildman–Crippen LogP) is 2.39. The molecule has 20 heavy (non-hydrogen) atoms. The molecule has 0 amide bonds. The largest absolute Gasteiger partial charge is 0.426 e. The number of rotatable bonds is 1. The number of para-hydroxylation sites is 2. The third kappa shape index (κ3) is 1.42. The van der Waals surface area contributed by atoms with Crippen LogP contribution < -0.4 is 9.47 Å². The summed E-state index contributed by atoms with van der Waals surface area (Å²) < 4.78 is 10.5. The highest BCUT2D eigenvalue weighted by atomic mass is 16.6. The lowest BCUT2D eigenvalue weighted by Gasteiger charge is -2.12. The van der Waals surface area contributed by atoms with Gasteiger partial charge in [-0.05, 0) is 12.1 Å². The molecule has 0 saturated heterocycles. The van der Waals surface area contributed by atoms with Gasteiger partial charge < -0.3 is 9.47 Å². The fraction of sp³-hybridized carbons (Fsp3) is 0.125. The van der Waals surface area contributed by atoms with Gasteiger partial charge in [0, 0.05) is 11.1 Å². The molecule has 98 valence electrons. The zero-order valence-corrected chi connectivity index (χ0v) is 10.4. The average Bonchev–Trinajstić information content (AvgIpc) is 2.94. The summed E-state index contributed by atoms with van der Waals surface area (Å²) in [5, 5.41) is 0. The first-order chi connectivity index (χ1) is 9.75. The van der Waals surface area contributed by atoms with Gasteiger partial charge in [0.25, 0.3) is 0 Å². The Morgan fingerprint density at radius 2 is 1.05 bits per heavy atom. The van der Waals surface area contributed by atoms with Gasteiger partial charge in [0.05, 0.1) is 0 Å². The molecule has 2 aliphatic heterocycles. The van der Waals surface area contributed by atoms with Gasteiger partial charge in [0.2, 0.25) is 0 Å². The number of benzene rings is 2. The Bertz CT molecular complexity index is 671. The van der Waals surface area contributed by atoms with Crippen molar-refractivity contribution in [3.05, 3.63) is 59.7 Å². The lowest BCUT2D eigenvalue weighted by atomic mass is 9.83. The van der Waals surface area contributed by atoms with Crippen LogP contribution in [-0.4, -0.2) is 11.9 Å². The number of fused-ring (bicyclic) bond motifs is 2. The fourth-order valence-electron chi connectivity index (χ4n) is 2.89. The van der Waals surface area contributed by atoms with Gasteiger partial charge in [0.15, 0.2) is 0 Å². The van der Waals surface area contributed by atoms with Gasteiger partial charge in [-0.15, -0.1) is 0 Å². The summed E-state index contributed by atoms with van der Waals surface area (Å²) in [4.78, 5) is 24.3. The minimum Gasteiger partial charge on any atom is -0.426 e. The molecule has 0 spiro atoms. The second kappa shape index (κ2) is 3.93. The number of carbonyl (C=O) groups is 2. The minimum atomic E-state index is -0.623. The molecule has 0 radical (unpaired) electrons. The summed E-state index contributed by atoms with van der Waals surface area (Å²) in [6.45, 7) is 0. The number of ether oxygens (including phenoxy) is 2. The molecule has 0 N–H and O–H groups in total. The smallest absolute Gasteiger partial charge is 0.320 e. The summed E-state index contributed by atoms with van der Waals surface area (Å²) in [6, 6.07) is 14.4. The monoisotopic (exact) mass is 266 g/mol. The molecular weight excluding hydrogens is 256 g/mol. The van der Waals surface area contributed by atoms with E-state index in [9.17, 15) is 9.59 Å². The van der Waals surface area contributed by atoms with Crippen LogP contribution in [0, 0.1) is 0 Å². The van der Waals surface area contributed by atoms with Crippen LogP contribution in [0.2, 0.25) is 0 Å². The lowest BCUT2D eigenvalue weighted by Crippen LogP contribution is -2.23. The fourth-order valence-corrected chi connectivity index (χ4v) is 2.89. The van der Waals surface area contributed by atoms with Gasteiger partial charge >= 0.3 is 11.9 Å². The van der Waals surface area contributed by atoms with E-state index in [0.717, 1.165) is 11.1 Å². The number of hydrogen-bond donors (Lipinski definition) is 0. The van der Waals surface area contributed by atoms with Crippen LogP contribution in [-0.2, 0) is 9.59 Å². The minimum absolute atomic E-state index is 0.398. The zero-order chi connectivity index (χ0) is 13.7. The highest BCUT2D eigenvalue weighted by Gasteiger charge is 2.48. The first-order valence-electron chi connectivity index (χ1n) is 6.37. The molecule has 4 heteroatoms. The van der Waals surface area contributed by atoms with E-state index in [4.69, 9.17) is 9.47 Å². The van der Waals surface area contributed by atoms with Crippen LogP contribution in [0.5, 0.6) is 11.5 Å². The van der Waals surface area contributed by atoms with Crippen LogP contribution >= 0.6 is 0 Å². The summed E-state index contributed by atoms with van der Waals surface area (Å²) in [7, 11) is 0. The third-order valence-corrected chi connectivity index (χ3v) is 3.77. The first kappa shape index (κ1) is 11.2. The molecule has 2 aliphatic rings. The second-order valence-electron chi connectivity index (χ2n) is 4.87. The van der Waals surface area contributed by atoms with E-state index in [1.165, 1.54) is 0 Å². The second-order valence-corrected chi connectivity index (χ2v) is 4.87. The van der Waals surface area contributed by atoms with E-state index in [1.807, 2.05) is 24.3 Å². The average molecular weight is 266 g/mol. The van der Waals surface area contributed by atoms with Gasteiger partial charge in [-0.25, -0.2) is 0 Å². The Hall–Kier alpha value is -2.62. The molecule has 0 aromatic heterocycles. The van der Waals surface area contributed by atoms with Gasteiger partial charge in [-0.2, -0.15) is 0 Å². The van der Waals surface area contributed by atoms with Crippen molar-refractivity contribution in [2.24, 2.45) is 0 Å². The summed E-state index contributed by atoms with van der Waals surface area (Å²) >= 11 is 0. The van der Waals surface area contributed by atoms with Crippen molar-refractivity contribution in [3.63, 3.8) is 0 Å².